The van der Waals surface area contributed by atoms with E-state index in [9.17, 15) is 14.4 Å². The van der Waals surface area contributed by atoms with E-state index >= 15 is 19.2 Å². The van der Waals surface area contributed by atoms with Crippen LogP contribution in [0.15, 0.2) is 54.6 Å². The molecule has 0 radical (unpaired) electrons. The number of nitrogens with one attached hydrogen (secondary N) is 3. The van der Waals surface area contributed by atoms with E-state index < -0.39 is 119 Å². The summed E-state index contributed by atoms with van der Waals surface area (Å²) in [5.74, 6) is -3.52. The smallest absolute Gasteiger partial charge is 0.408 e. The number of ether oxygens (including phenoxy) is 7. The lowest BCUT2D eigenvalue weighted by Gasteiger charge is -2.47. The van der Waals surface area contributed by atoms with Gasteiger partial charge in [-0.15, -0.1) is 0 Å². The molecule has 2 aromatic carbocycles. The van der Waals surface area contributed by atoms with Crippen molar-refractivity contribution in [3.63, 3.8) is 0 Å². The quantitative estimate of drug-likeness (QED) is 0.0246. The van der Waals surface area contributed by atoms with Crippen LogP contribution in [0.2, 0.25) is 34.8 Å². The van der Waals surface area contributed by atoms with Crippen molar-refractivity contribution in [1.82, 2.24) is 25.8 Å². The van der Waals surface area contributed by atoms with E-state index in [0.29, 0.717) is 30.8 Å². The number of hydrogen-bond acceptors (Lipinski definition) is 16. The molecule has 95 heavy (non-hydrogen) atoms. The standard InChI is InChI=1S/C72H123N5O16Si2/c1-26-50(12)61(59(93-95(47(6)7,48(8)9)49(10)11)41-60(78)91-63(46(4)5)64(88-44-85-22)51(13)42-89-94(24,25)72(18,19)20)74-65(79)62(75-70(84)92-71(15,16)17)52(14)90-68(82)58(40-53-34-36-55(86-23)37-35-53)76(21)67(81)57-33-30-38-77(57)66(80)56(39-45(2)3)73-69(83)87-43-54-31-28-27-29-32-54/h27-29,31-32,34-37,45-52,56-59,61-64H,26,30,33,38-44H2,1-25H3,(H,73,83)(H,74,79)(H,75,84)/t50-,51+,52+,56-,57-,58-,59-,61+,62-,63-,64-/m0/s1. The minimum absolute atomic E-state index is 0.0112. The number of nitrogens with zero attached hydrogens (tertiary/aromatic N) is 2. The van der Waals surface area contributed by atoms with Gasteiger partial charge in [0.15, 0.2) is 8.32 Å². The first-order chi connectivity index (χ1) is 44.2. The topological polar surface area (TPSA) is 245 Å². The van der Waals surface area contributed by atoms with E-state index in [0.717, 1.165) is 5.56 Å². The molecular weight excluding hydrogens is 1250 g/mol. The third-order valence-corrected chi connectivity index (χ3v) is 29.5. The maximum absolute atomic E-state index is 15.6. The molecule has 1 aliphatic rings. The second-order valence-corrected chi connectivity index (χ2v) is 40.5. The van der Waals surface area contributed by atoms with Crippen molar-refractivity contribution in [2.45, 2.75) is 279 Å². The van der Waals surface area contributed by atoms with E-state index in [1.54, 1.807) is 52.1 Å². The van der Waals surface area contributed by atoms with E-state index in [2.05, 4.69) is 91.4 Å². The van der Waals surface area contributed by atoms with E-state index in [1.807, 2.05) is 78.8 Å². The molecule has 21 nitrogen and oxygen atoms in total. The Labute approximate surface area is 572 Å². The summed E-state index contributed by atoms with van der Waals surface area (Å²) in [6, 6.07) is 10.2. The highest BCUT2D eigenvalue weighted by atomic mass is 28.4. The van der Waals surface area contributed by atoms with Crippen molar-refractivity contribution < 1.29 is 75.6 Å². The number of benzene rings is 2. The lowest BCUT2D eigenvalue weighted by Crippen LogP contribution is -2.62. The molecule has 5 amide bonds. The fraction of sp³-hybridized carbons (Fsp3) is 0.736. The highest BCUT2D eigenvalue weighted by Crippen LogP contribution is 2.45. The maximum Gasteiger partial charge on any atom is 0.408 e. The summed E-state index contributed by atoms with van der Waals surface area (Å²) in [7, 11) is -0.548. The van der Waals surface area contributed by atoms with Crippen LogP contribution in [0.1, 0.15) is 182 Å². The summed E-state index contributed by atoms with van der Waals surface area (Å²) < 4.78 is 55.7. The van der Waals surface area contributed by atoms with Crippen LogP contribution in [-0.2, 0) is 74.3 Å². The van der Waals surface area contributed by atoms with Gasteiger partial charge in [0.25, 0.3) is 0 Å². The molecule has 1 fully saturated rings. The van der Waals surface area contributed by atoms with Crippen LogP contribution in [-0.4, -0.2) is 170 Å². The van der Waals surface area contributed by atoms with Crippen molar-refractivity contribution in [3.05, 3.63) is 65.7 Å². The number of methoxy groups -OCH3 is 2. The van der Waals surface area contributed by atoms with Gasteiger partial charge < -0.3 is 67.8 Å². The predicted octanol–water partition coefficient (Wildman–Crippen LogP) is 12.9. The molecule has 23 heteroatoms. The Morgan fingerprint density at radius 2 is 1.33 bits per heavy atom. The Kier molecular flexibility index (Phi) is 33.4. The molecule has 0 spiro atoms. The van der Waals surface area contributed by atoms with Gasteiger partial charge in [0, 0.05) is 39.6 Å². The predicted molar refractivity (Wildman–Crippen MR) is 375 cm³/mol. The molecule has 0 bridgehead atoms. The van der Waals surface area contributed by atoms with Gasteiger partial charge in [-0.25, -0.2) is 14.4 Å². The van der Waals surface area contributed by atoms with Gasteiger partial charge in [0.1, 0.15) is 67.2 Å². The van der Waals surface area contributed by atoms with E-state index in [1.165, 1.54) is 30.9 Å². The number of hydrogen-bond donors (Lipinski definition) is 3. The van der Waals surface area contributed by atoms with Gasteiger partial charge in [-0.2, -0.15) is 0 Å². The molecular formula is C72H123N5O16Si2. The lowest BCUT2D eigenvalue weighted by molar-refractivity contribution is -0.181. The van der Waals surface area contributed by atoms with E-state index in [-0.39, 0.29) is 91.0 Å². The Balaban J connectivity index is 2.17. The van der Waals surface area contributed by atoms with Gasteiger partial charge in [-0.3, -0.25) is 19.2 Å². The van der Waals surface area contributed by atoms with Gasteiger partial charge in [0.2, 0.25) is 26.0 Å². The summed E-state index contributed by atoms with van der Waals surface area (Å²) in [6.45, 7) is 44.6. The average molecular weight is 1370 g/mol. The SMILES string of the molecule is CC[C@H](C)[C@@H](NC(=O)[C@@H](NC(=O)OC(C)(C)C)[C@@H](C)OC(=O)[C@H](Cc1ccc(OC)cc1)N(C)C(=O)[C@@H]1CCCN1C(=O)[C@H](CC(C)C)NC(=O)OCc1ccccc1)[C@H](CC(=O)O[C@@H](C(C)C)[C@@H](OCOC)[C@H](C)CO[Si](C)(C)C(C)(C)C)O[Si](C(C)C)(C(C)C)C(C)C. The molecule has 0 aromatic heterocycles. The average Bonchev–Trinajstić information content (AvgIpc) is 1.44. The molecule has 1 saturated heterocycles. The Bertz CT molecular complexity index is 2700. The molecule has 1 heterocycles. The Morgan fingerprint density at radius 1 is 0.726 bits per heavy atom. The number of amides is 5. The number of likely N-dealkylation sites (N-methyl/N-ethyl adjacent to an activating group) is 1. The summed E-state index contributed by atoms with van der Waals surface area (Å²) in [6.07, 6.45) is -4.34. The maximum atomic E-state index is 15.6. The number of carbonyl (C=O) groups is 7. The molecule has 3 N–H and O–H groups in total. The molecule has 3 rings (SSSR count). The first kappa shape index (κ1) is 83.6. The Morgan fingerprint density at radius 3 is 1.84 bits per heavy atom. The highest BCUT2D eigenvalue weighted by molar-refractivity contribution is 6.77. The van der Waals surface area contributed by atoms with E-state index in [4.69, 9.17) is 42.0 Å². The van der Waals surface area contributed by atoms with Crippen LogP contribution >= 0.6 is 0 Å². The van der Waals surface area contributed by atoms with Crippen molar-refractivity contribution in [3.8, 4) is 5.75 Å². The summed E-state index contributed by atoms with van der Waals surface area (Å²) in [5, 5.41) is 8.66. The number of esters is 2. The zero-order chi connectivity index (χ0) is 72.1. The fourth-order valence-electron chi connectivity index (χ4n) is 12.3. The number of carbonyl (C=O) groups excluding carboxylic acids is 7. The third kappa shape index (κ3) is 25.0. The number of likely N-dealkylation sites (tertiary alicyclic amines) is 1. The van der Waals surface area contributed by atoms with Crippen LogP contribution in [0.3, 0.4) is 0 Å². The first-order valence-electron chi connectivity index (χ1n) is 34.5. The highest BCUT2D eigenvalue weighted by Gasteiger charge is 2.50. The van der Waals surface area contributed by atoms with Crippen LogP contribution in [0, 0.1) is 23.7 Å². The molecule has 0 saturated carbocycles. The zero-order valence-corrected chi connectivity index (χ0v) is 64.4. The van der Waals surface area contributed by atoms with Crippen LogP contribution in [0.5, 0.6) is 5.75 Å². The molecule has 1 aliphatic heterocycles. The van der Waals surface area contributed by atoms with Crippen molar-refractivity contribution in [1.29, 1.82) is 0 Å². The van der Waals surface area contributed by atoms with Crippen LogP contribution in [0.25, 0.3) is 0 Å². The minimum atomic E-state index is -2.90. The summed E-state index contributed by atoms with van der Waals surface area (Å²) in [5.41, 5.74) is 0.548. The monoisotopic (exact) mass is 1370 g/mol. The first-order valence-corrected chi connectivity index (χ1v) is 39.5. The zero-order valence-electron chi connectivity index (χ0n) is 62.4. The molecule has 0 unspecified atom stereocenters. The second-order valence-electron chi connectivity index (χ2n) is 30.2. The normalized spacial score (nSPS) is 17.2. The van der Waals surface area contributed by atoms with Crippen molar-refractivity contribution >= 4 is 58.5 Å². The van der Waals surface area contributed by atoms with Gasteiger partial charge >= 0.3 is 24.1 Å². The van der Waals surface area contributed by atoms with Crippen molar-refractivity contribution in [2.75, 3.05) is 41.2 Å². The second kappa shape index (κ2) is 37.9. The summed E-state index contributed by atoms with van der Waals surface area (Å²) >= 11 is 0. The van der Waals surface area contributed by atoms with Crippen LogP contribution in [0.4, 0.5) is 9.59 Å². The number of alkyl carbamates (subject to hydrolysis) is 2. The molecule has 540 valence electrons. The van der Waals surface area contributed by atoms with Gasteiger partial charge in [-0.05, 0) is 123 Å². The number of rotatable bonds is 37. The third-order valence-electron chi connectivity index (χ3n) is 18.8. The largest absolute Gasteiger partial charge is 0.497 e. The molecule has 11 atom stereocenters. The lowest BCUT2D eigenvalue weighted by atomic mass is 9.91. The molecule has 0 aliphatic carbocycles. The Hall–Kier alpha value is -5.60. The van der Waals surface area contributed by atoms with Gasteiger partial charge in [0.05, 0.1) is 25.7 Å². The van der Waals surface area contributed by atoms with Gasteiger partial charge in [-0.1, -0.05) is 160 Å². The fourth-order valence-corrected chi connectivity index (χ4v) is 19.0. The molecule has 2 aromatic rings. The minimum Gasteiger partial charge on any atom is -0.497 e. The summed E-state index contributed by atoms with van der Waals surface area (Å²) in [4.78, 5) is 106. The van der Waals surface area contributed by atoms with Crippen molar-refractivity contribution in [2.24, 2.45) is 23.7 Å². The van der Waals surface area contributed by atoms with Crippen LogP contribution < -0.4 is 20.7 Å².